The Bertz CT molecular complexity index is 877. The lowest BCUT2D eigenvalue weighted by atomic mass is 10.2. The molecule has 1 saturated heterocycles. The van der Waals surface area contributed by atoms with Crippen molar-refractivity contribution in [3.8, 4) is 0 Å². The van der Waals surface area contributed by atoms with E-state index in [0.717, 1.165) is 17.7 Å². The number of rotatable bonds is 6. The molecule has 1 aliphatic heterocycles. The SMILES string of the molecule is CCCn1nc(C(=O)NCc2cccc(N3CCOC3=O)c2)ccc1=O. The largest absolute Gasteiger partial charge is 0.447 e. The van der Waals surface area contributed by atoms with Crippen molar-refractivity contribution >= 4 is 17.7 Å². The minimum atomic E-state index is -0.367. The number of hydrogen-bond donors (Lipinski definition) is 1. The third kappa shape index (κ3) is 3.90. The zero-order valence-corrected chi connectivity index (χ0v) is 14.5. The van der Waals surface area contributed by atoms with Gasteiger partial charge in [-0.1, -0.05) is 19.1 Å². The first kappa shape index (κ1) is 17.7. The Labute approximate surface area is 150 Å². The monoisotopic (exact) mass is 356 g/mol. The molecule has 1 fully saturated rings. The van der Waals surface area contributed by atoms with E-state index in [1.54, 1.807) is 4.90 Å². The van der Waals surface area contributed by atoms with Crippen molar-refractivity contribution in [2.24, 2.45) is 0 Å². The second kappa shape index (κ2) is 7.81. The summed E-state index contributed by atoms with van der Waals surface area (Å²) in [5.41, 5.74) is 1.54. The first-order valence-corrected chi connectivity index (χ1v) is 8.48. The number of aromatic nitrogens is 2. The minimum absolute atomic E-state index is 0.192. The Kier molecular flexibility index (Phi) is 5.31. The summed E-state index contributed by atoms with van der Waals surface area (Å²) < 4.78 is 6.22. The van der Waals surface area contributed by atoms with Crippen molar-refractivity contribution in [2.75, 3.05) is 18.1 Å². The molecule has 8 nitrogen and oxygen atoms in total. The number of aryl methyl sites for hydroxylation is 1. The van der Waals surface area contributed by atoms with Crippen molar-refractivity contribution in [1.29, 1.82) is 0 Å². The molecule has 0 radical (unpaired) electrons. The molecule has 0 unspecified atom stereocenters. The summed E-state index contributed by atoms with van der Waals surface area (Å²) in [6.45, 7) is 3.57. The molecule has 1 N–H and O–H groups in total. The van der Waals surface area contributed by atoms with Gasteiger partial charge in [0.15, 0.2) is 0 Å². The summed E-state index contributed by atoms with van der Waals surface area (Å²) >= 11 is 0. The van der Waals surface area contributed by atoms with Crippen LogP contribution in [0.1, 0.15) is 29.4 Å². The highest BCUT2D eigenvalue weighted by molar-refractivity contribution is 5.92. The number of hydrogen-bond acceptors (Lipinski definition) is 5. The van der Waals surface area contributed by atoms with E-state index >= 15 is 0 Å². The first-order valence-electron chi connectivity index (χ1n) is 8.48. The number of amides is 2. The van der Waals surface area contributed by atoms with E-state index in [2.05, 4.69) is 10.4 Å². The average molecular weight is 356 g/mol. The molecular formula is C18H20N4O4. The van der Waals surface area contributed by atoms with Gasteiger partial charge in [-0.2, -0.15) is 5.10 Å². The van der Waals surface area contributed by atoms with Crippen LogP contribution in [0.4, 0.5) is 10.5 Å². The van der Waals surface area contributed by atoms with Crippen LogP contribution in [-0.2, 0) is 17.8 Å². The molecular weight excluding hydrogens is 336 g/mol. The molecule has 1 aromatic heterocycles. The molecule has 26 heavy (non-hydrogen) atoms. The number of ether oxygens (including phenoxy) is 1. The fourth-order valence-corrected chi connectivity index (χ4v) is 2.68. The van der Waals surface area contributed by atoms with Crippen molar-refractivity contribution in [3.05, 3.63) is 58.0 Å². The number of carbonyl (C=O) groups excluding carboxylic acids is 2. The number of nitrogens with zero attached hydrogens (tertiary/aromatic N) is 3. The number of anilines is 1. The van der Waals surface area contributed by atoms with Crippen molar-refractivity contribution in [1.82, 2.24) is 15.1 Å². The molecule has 2 amide bonds. The highest BCUT2D eigenvalue weighted by Crippen LogP contribution is 2.19. The molecule has 2 aromatic rings. The van der Waals surface area contributed by atoms with Gasteiger partial charge in [0.25, 0.3) is 11.5 Å². The minimum Gasteiger partial charge on any atom is -0.447 e. The Morgan fingerprint density at radius 3 is 2.85 bits per heavy atom. The van der Waals surface area contributed by atoms with Crippen LogP contribution >= 0.6 is 0 Å². The zero-order valence-electron chi connectivity index (χ0n) is 14.5. The Balaban J connectivity index is 1.67. The van der Waals surface area contributed by atoms with Crippen LogP contribution in [0.3, 0.4) is 0 Å². The molecule has 1 aliphatic rings. The fraction of sp³-hybridized carbons (Fsp3) is 0.333. The number of carbonyl (C=O) groups is 2. The van der Waals surface area contributed by atoms with Crippen molar-refractivity contribution < 1.29 is 14.3 Å². The third-order valence-corrected chi connectivity index (χ3v) is 3.97. The van der Waals surface area contributed by atoms with Crippen LogP contribution in [0, 0.1) is 0 Å². The summed E-state index contributed by atoms with van der Waals surface area (Å²) in [4.78, 5) is 37.2. The fourth-order valence-electron chi connectivity index (χ4n) is 2.68. The maximum atomic E-state index is 12.3. The maximum Gasteiger partial charge on any atom is 0.414 e. The molecule has 136 valence electrons. The van der Waals surface area contributed by atoms with Gasteiger partial charge in [0.2, 0.25) is 0 Å². The van der Waals surface area contributed by atoms with Gasteiger partial charge in [-0.15, -0.1) is 0 Å². The summed E-state index contributed by atoms with van der Waals surface area (Å²) in [5, 5.41) is 6.87. The standard InChI is InChI=1S/C18H20N4O4/c1-2-8-22-16(23)7-6-15(20-22)17(24)19-12-13-4-3-5-14(11-13)21-9-10-26-18(21)25/h3-7,11H,2,8-10,12H2,1H3,(H,19,24). The van der Waals surface area contributed by atoms with Crippen LogP contribution in [0.15, 0.2) is 41.2 Å². The Morgan fingerprint density at radius 2 is 2.12 bits per heavy atom. The smallest absolute Gasteiger partial charge is 0.414 e. The van der Waals surface area contributed by atoms with E-state index in [1.807, 2.05) is 31.2 Å². The summed E-state index contributed by atoms with van der Waals surface area (Å²) in [6, 6.07) is 10.1. The normalized spacial score (nSPS) is 13.6. The average Bonchev–Trinajstić information content (AvgIpc) is 3.08. The van der Waals surface area contributed by atoms with E-state index in [1.165, 1.54) is 16.8 Å². The van der Waals surface area contributed by atoms with Crippen LogP contribution < -0.4 is 15.8 Å². The molecule has 1 aromatic carbocycles. The molecule has 2 heterocycles. The molecule has 0 aliphatic carbocycles. The lowest BCUT2D eigenvalue weighted by Crippen LogP contribution is -2.29. The van der Waals surface area contributed by atoms with Gasteiger partial charge in [0, 0.05) is 24.8 Å². The second-order valence-electron chi connectivity index (χ2n) is 5.90. The first-order chi connectivity index (χ1) is 12.6. The zero-order chi connectivity index (χ0) is 18.5. The lowest BCUT2D eigenvalue weighted by molar-refractivity contribution is 0.0943. The van der Waals surface area contributed by atoms with Crippen molar-refractivity contribution in [2.45, 2.75) is 26.4 Å². The van der Waals surface area contributed by atoms with Crippen LogP contribution in [-0.4, -0.2) is 34.9 Å². The van der Waals surface area contributed by atoms with Gasteiger partial charge < -0.3 is 10.1 Å². The van der Waals surface area contributed by atoms with E-state index in [9.17, 15) is 14.4 Å². The molecule has 0 atom stereocenters. The summed E-state index contributed by atoms with van der Waals surface area (Å²) in [6.07, 6.45) is 0.387. The lowest BCUT2D eigenvalue weighted by Gasteiger charge is -2.14. The third-order valence-electron chi connectivity index (χ3n) is 3.97. The Morgan fingerprint density at radius 1 is 1.27 bits per heavy atom. The van der Waals surface area contributed by atoms with E-state index in [4.69, 9.17) is 4.74 Å². The molecule has 8 heteroatoms. The van der Waals surface area contributed by atoms with Crippen LogP contribution in [0.2, 0.25) is 0 Å². The van der Waals surface area contributed by atoms with E-state index in [-0.39, 0.29) is 29.8 Å². The van der Waals surface area contributed by atoms with Gasteiger partial charge >= 0.3 is 6.09 Å². The highest BCUT2D eigenvalue weighted by Gasteiger charge is 2.23. The molecule has 3 rings (SSSR count). The van der Waals surface area contributed by atoms with Crippen LogP contribution in [0.5, 0.6) is 0 Å². The molecule has 0 saturated carbocycles. The molecule has 0 bridgehead atoms. The predicted molar refractivity (Wildman–Crippen MR) is 95.1 cm³/mol. The number of cyclic esters (lactones) is 1. The van der Waals surface area contributed by atoms with Gasteiger partial charge in [-0.05, 0) is 30.2 Å². The number of benzene rings is 1. The van der Waals surface area contributed by atoms with E-state index < -0.39 is 0 Å². The quantitative estimate of drug-likeness (QED) is 0.847. The van der Waals surface area contributed by atoms with E-state index in [0.29, 0.717) is 19.7 Å². The van der Waals surface area contributed by atoms with Gasteiger partial charge in [-0.25, -0.2) is 9.48 Å². The van der Waals surface area contributed by atoms with Gasteiger partial charge in [0.05, 0.1) is 6.54 Å². The highest BCUT2D eigenvalue weighted by atomic mass is 16.6. The summed E-state index contributed by atoms with van der Waals surface area (Å²) in [5.74, 6) is -0.360. The summed E-state index contributed by atoms with van der Waals surface area (Å²) in [7, 11) is 0. The van der Waals surface area contributed by atoms with Crippen LogP contribution in [0.25, 0.3) is 0 Å². The van der Waals surface area contributed by atoms with Gasteiger partial charge in [0.1, 0.15) is 12.3 Å². The maximum absolute atomic E-state index is 12.3. The van der Waals surface area contributed by atoms with Gasteiger partial charge in [-0.3, -0.25) is 14.5 Å². The predicted octanol–water partition coefficient (Wildman–Crippen LogP) is 1.54. The Hall–Kier alpha value is -3.16. The van der Waals surface area contributed by atoms with Crippen molar-refractivity contribution in [3.63, 3.8) is 0 Å². The number of nitrogens with one attached hydrogen (secondary N) is 1. The second-order valence-corrected chi connectivity index (χ2v) is 5.90. The molecule has 0 spiro atoms. The topological polar surface area (TPSA) is 93.5 Å².